The quantitative estimate of drug-likeness (QED) is 0.732. The van der Waals surface area contributed by atoms with Crippen molar-refractivity contribution < 1.29 is 19.0 Å². The number of halogens is 1. The van der Waals surface area contributed by atoms with Crippen LogP contribution in [-0.4, -0.2) is 39.4 Å². The molecule has 1 aromatic rings. The molecule has 1 amide bonds. The second-order valence-corrected chi connectivity index (χ2v) is 5.82. The van der Waals surface area contributed by atoms with Gasteiger partial charge in [0.2, 0.25) is 5.91 Å². The topological polar surface area (TPSA) is 82.8 Å². The Morgan fingerprint density at radius 2 is 2.04 bits per heavy atom. The fraction of sp³-hybridized carbons (Fsp3) is 0.588. The molecule has 1 aliphatic rings. The molecule has 3 N–H and O–H groups in total. The lowest BCUT2D eigenvalue weighted by Gasteiger charge is -2.25. The van der Waals surface area contributed by atoms with Crippen molar-refractivity contribution in [2.75, 3.05) is 32.8 Å². The van der Waals surface area contributed by atoms with Gasteiger partial charge in [0.05, 0.1) is 13.7 Å². The van der Waals surface area contributed by atoms with Crippen molar-refractivity contribution in [3.8, 4) is 11.5 Å². The van der Waals surface area contributed by atoms with E-state index in [-0.39, 0.29) is 30.3 Å². The second-order valence-electron chi connectivity index (χ2n) is 5.82. The molecule has 2 atom stereocenters. The number of nitrogens with one attached hydrogen (secondary N) is 1. The van der Waals surface area contributed by atoms with Crippen LogP contribution in [0.5, 0.6) is 11.5 Å². The summed E-state index contributed by atoms with van der Waals surface area (Å²) < 4.78 is 15.9. The van der Waals surface area contributed by atoms with E-state index in [9.17, 15) is 4.79 Å². The predicted molar refractivity (Wildman–Crippen MR) is 96.2 cm³/mol. The van der Waals surface area contributed by atoms with Crippen LogP contribution >= 0.6 is 12.4 Å². The molecule has 1 fully saturated rings. The van der Waals surface area contributed by atoms with Crippen LogP contribution in [0, 0.1) is 5.92 Å². The summed E-state index contributed by atoms with van der Waals surface area (Å²) in [6.45, 7) is 0.904. The summed E-state index contributed by atoms with van der Waals surface area (Å²) in [5.41, 5.74) is 6.65. The van der Waals surface area contributed by atoms with Crippen molar-refractivity contribution in [3.63, 3.8) is 0 Å². The summed E-state index contributed by atoms with van der Waals surface area (Å²) in [7, 11) is 3.20. The van der Waals surface area contributed by atoms with Gasteiger partial charge in [-0.05, 0) is 31.4 Å². The maximum atomic E-state index is 12.4. The van der Waals surface area contributed by atoms with Crippen LogP contribution in [0.15, 0.2) is 18.2 Å². The molecule has 1 aliphatic carbocycles. The van der Waals surface area contributed by atoms with Crippen LogP contribution in [0.25, 0.3) is 0 Å². The Morgan fingerprint density at radius 1 is 1.25 bits per heavy atom. The first-order valence-corrected chi connectivity index (χ1v) is 8.00. The van der Waals surface area contributed by atoms with E-state index < -0.39 is 0 Å². The highest BCUT2D eigenvalue weighted by molar-refractivity contribution is 5.93. The molecule has 0 aliphatic heterocycles. The molecule has 6 nitrogen and oxygen atoms in total. The van der Waals surface area contributed by atoms with Gasteiger partial charge in [0.1, 0.15) is 6.61 Å². The van der Waals surface area contributed by atoms with E-state index in [1.165, 1.54) is 0 Å². The molecule has 0 radical (unpaired) electrons. The van der Waals surface area contributed by atoms with Crippen molar-refractivity contribution in [2.24, 2.45) is 11.7 Å². The second kappa shape index (κ2) is 10.4. The maximum Gasteiger partial charge on any atom is 0.227 e. The lowest BCUT2D eigenvalue weighted by atomic mass is 9.85. The lowest BCUT2D eigenvalue weighted by Crippen LogP contribution is -2.34. The summed E-state index contributed by atoms with van der Waals surface area (Å²) in [5.74, 6) is 1.22. The molecular formula is C17H27ClN2O4. The van der Waals surface area contributed by atoms with Crippen LogP contribution in [0.4, 0.5) is 5.69 Å². The molecule has 1 saturated carbocycles. The van der Waals surface area contributed by atoms with Gasteiger partial charge in [-0.15, -0.1) is 12.4 Å². The summed E-state index contributed by atoms with van der Waals surface area (Å²) >= 11 is 0. The number of carbonyl (C=O) groups excluding carboxylic acids is 1. The zero-order valence-corrected chi connectivity index (χ0v) is 15.1. The number of anilines is 1. The van der Waals surface area contributed by atoms with Gasteiger partial charge < -0.3 is 25.3 Å². The predicted octanol–water partition coefficient (Wildman–Crippen LogP) is 2.60. The molecule has 136 valence electrons. The first-order chi connectivity index (χ1) is 11.1. The highest BCUT2D eigenvalue weighted by atomic mass is 35.5. The van der Waals surface area contributed by atoms with E-state index >= 15 is 0 Å². The Bertz CT molecular complexity index is 527. The van der Waals surface area contributed by atoms with E-state index in [1.807, 2.05) is 6.07 Å². The molecule has 0 saturated heterocycles. The minimum absolute atomic E-state index is 0. The van der Waals surface area contributed by atoms with Gasteiger partial charge in [-0.1, -0.05) is 6.42 Å². The Kier molecular flexibility index (Phi) is 8.89. The fourth-order valence-electron chi connectivity index (χ4n) is 2.81. The molecule has 0 spiro atoms. The van der Waals surface area contributed by atoms with E-state index in [0.29, 0.717) is 30.4 Å². The molecular weight excluding hydrogens is 332 g/mol. The first kappa shape index (κ1) is 20.5. The number of nitrogens with two attached hydrogens (primary N) is 1. The standard InChI is InChI=1S/C17H26N2O4.ClH/c1-21-8-9-23-16-11-14(6-7-15(16)22-2)19-17(20)12-4-3-5-13(18)10-12;/h6-7,11-13H,3-5,8-10,18H2,1-2H3,(H,19,20);1H. The third-order valence-electron chi connectivity index (χ3n) is 4.06. The number of methoxy groups -OCH3 is 2. The van der Waals surface area contributed by atoms with Gasteiger partial charge in [-0.3, -0.25) is 4.79 Å². The van der Waals surface area contributed by atoms with Gasteiger partial charge >= 0.3 is 0 Å². The first-order valence-electron chi connectivity index (χ1n) is 8.00. The van der Waals surface area contributed by atoms with Crippen molar-refractivity contribution in [3.05, 3.63) is 18.2 Å². The Labute approximate surface area is 149 Å². The number of amides is 1. The largest absolute Gasteiger partial charge is 0.493 e. The van der Waals surface area contributed by atoms with Gasteiger partial charge in [-0.2, -0.15) is 0 Å². The zero-order chi connectivity index (χ0) is 16.7. The molecule has 1 aromatic carbocycles. The number of ether oxygens (including phenoxy) is 3. The van der Waals surface area contributed by atoms with Crippen LogP contribution in [0.3, 0.4) is 0 Å². The molecule has 0 aromatic heterocycles. The normalized spacial score (nSPS) is 20.0. The molecule has 2 unspecified atom stereocenters. The van der Waals surface area contributed by atoms with Gasteiger partial charge in [0.15, 0.2) is 11.5 Å². The average molecular weight is 359 g/mol. The summed E-state index contributed by atoms with van der Waals surface area (Å²) in [5, 5.41) is 2.95. The van der Waals surface area contributed by atoms with Crippen molar-refractivity contribution in [1.29, 1.82) is 0 Å². The minimum atomic E-state index is -0.0151. The van der Waals surface area contributed by atoms with Crippen molar-refractivity contribution in [2.45, 2.75) is 31.7 Å². The Balaban J connectivity index is 0.00000288. The molecule has 7 heteroatoms. The Hall–Kier alpha value is -1.50. The maximum absolute atomic E-state index is 12.4. The van der Waals surface area contributed by atoms with E-state index in [2.05, 4.69) is 5.32 Å². The molecule has 0 bridgehead atoms. The SMILES string of the molecule is COCCOc1cc(NC(=O)C2CCCC(N)C2)ccc1OC.Cl. The van der Waals surface area contributed by atoms with Crippen molar-refractivity contribution >= 4 is 24.0 Å². The molecule has 2 rings (SSSR count). The van der Waals surface area contributed by atoms with Crippen molar-refractivity contribution in [1.82, 2.24) is 0 Å². The number of hydrogen-bond donors (Lipinski definition) is 2. The lowest BCUT2D eigenvalue weighted by molar-refractivity contribution is -0.120. The van der Waals surface area contributed by atoms with E-state index in [1.54, 1.807) is 26.4 Å². The average Bonchev–Trinajstić information content (AvgIpc) is 2.55. The third-order valence-corrected chi connectivity index (χ3v) is 4.06. The fourth-order valence-corrected chi connectivity index (χ4v) is 2.81. The summed E-state index contributed by atoms with van der Waals surface area (Å²) in [6.07, 6.45) is 3.66. The number of hydrogen-bond acceptors (Lipinski definition) is 5. The van der Waals surface area contributed by atoms with Crippen LogP contribution < -0.4 is 20.5 Å². The molecule has 24 heavy (non-hydrogen) atoms. The number of rotatable bonds is 7. The summed E-state index contributed by atoms with van der Waals surface area (Å²) in [4.78, 5) is 12.4. The highest BCUT2D eigenvalue weighted by Gasteiger charge is 2.25. The van der Waals surface area contributed by atoms with Crippen LogP contribution in [-0.2, 0) is 9.53 Å². The monoisotopic (exact) mass is 358 g/mol. The van der Waals surface area contributed by atoms with Gasteiger partial charge in [0.25, 0.3) is 0 Å². The van der Waals surface area contributed by atoms with Crippen LogP contribution in [0.1, 0.15) is 25.7 Å². The van der Waals surface area contributed by atoms with Gasteiger partial charge in [0, 0.05) is 30.8 Å². The minimum Gasteiger partial charge on any atom is -0.493 e. The molecule has 0 heterocycles. The zero-order valence-electron chi connectivity index (χ0n) is 14.2. The number of carbonyl (C=O) groups is 1. The van der Waals surface area contributed by atoms with Gasteiger partial charge in [-0.25, -0.2) is 0 Å². The highest BCUT2D eigenvalue weighted by Crippen LogP contribution is 2.31. The van der Waals surface area contributed by atoms with E-state index in [0.717, 1.165) is 25.7 Å². The van der Waals surface area contributed by atoms with E-state index in [4.69, 9.17) is 19.9 Å². The van der Waals surface area contributed by atoms with Crippen LogP contribution in [0.2, 0.25) is 0 Å². The summed E-state index contributed by atoms with van der Waals surface area (Å²) in [6, 6.07) is 5.49. The Morgan fingerprint density at radius 3 is 2.71 bits per heavy atom. The third kappa shape index (κ3) is 5.85. The smallest absolute Gasteiger partial charge is 0.227 e. The number of benzene rings is 1.